The Morgan fingerprint density at radius 3 is 2.89 bits per heavy atom. The third-order valence-corrected chi connectivity index (χ3v) is 3.08. The second kappa shape index (κ2) is 3.03. The SMILES string of the molecule is O=C(Cl)C1=NC(Br)CS1. The largest absolute Gasteiger partial charge is 0.276 e. The Morgan fingerprint density at radius 1 is 2.00 bits per heavy atom. The minimum atomic E-state index is -0.457. The van der Waals surface area contributed by atoms with E-state index in [2.05, 4.69) is 20.9 Å². The molecule has 1 heterocycles. The van der Waals surface area contributed by atoms with Crippen LogP contribution in [0.15, 0.2) is 4.99 Å². The van der Waals surface area contributed by atoms with Gasteiger partial charge in [-0.2, -0.15) is 0 Å². The van der Waals surface area contributed by atoms with Crippen molar-refractivity contribution in [3.05, 3.63) is 0 Å². The molecule has 0 saturated carbocycles. The lowest BCUT2D eigenvalue weighted by atomic mass is 10.7. The molecule has 2 nitrogen and oxygen atoms in total. The summed E-state index contributed by atoms with van der Waals surface area (Å²) in [4.78, 5) is 14.4. The first kappa shape index (κ1) is 7.57. The Kier molecular flexibility index (Phi) is 2.55. The minimum absolute atomic E-state index is 0.0696. The maximum absolute atomic E-state index is 10.4. The first-order valence-corrected chi connectivity index (χ1v) is 4.52. The highest BCUT2D eigenvalue weighted by Gasteiger charge is 2.19. The maximum atomic E-state index is 10.4. The summed E-state index contributed by atoms with van der Waals surface area (Å²) in [5.41, 5.74) is 0. The molecule has 1 aliphatic rings. The molecule has 1 rings (SSSR count). The number of aliphatic imine (C=N–C) groups is 1. The van der Waals surface area contributed by atoms with Crippen LogP contribution in [-0.2, 0) is 4.79 Å². The Labute approximate surface area is 70.2 Å². The van der Waals surface area contributed by atoms with Gasteiger partial charge in [0.1, 0.15) is 4.95 Å². The number of carbonyl (C=O) groups excluding carboxylic acids is 1. The fraction of sp³-hybridized carbons (Fsp3) is 0.500. The van der Waals surface area contributed by atoms with Crippen molar-refractivity contribution in [3.8, 4) is 0 Å². The molecule has 50 valence electrons. The highest BCUT2D eigenvalue weighted by Crippen LogP contribution is 2.22. The highest BCUT2D eigenvalue weighted by molar-refractivity contribution is 9.09. The standard InChI is InChI=1S/C4H3BrClNOS/c5-2-1-9-4(7-2)3(6)8/h2H,1H2. The molecule has 0 aromatic rings. The quantitative estimate of drug-likeness (QED) is 0.388. The monoisotopic (exact) mass is 227 g/mol. The topological polar surface area (TPSA) is 29.4 Å². The van der Waals surface area contributed by atoms with Crippen LogP contribution in [0.1, 0.15) is 0 Å². The van der Waals surface area contributed by atoms with E-state index in [9.17, 15) is 4.79 Å². The second-order valence-corrected chi connectivity index (χ2v) is 3.86. The van der Waals surface area contributed by atoms with Gasteiger partial charge < -0.3 is 0 Å². The molecule has 1 atom stereocenters. The first-order chi connectivity index (χ1) is 4.20. The lowest BCUT2D eigenvalue weighted by Gasteiger charge is -1.84. The molecule has 0 saturated heterocycles. The average Bonchev–Trinajstić information content (AvgIpc) is 2.14. The molecule has 0 radical (unpaired) electrons. The van der Waals surface area contributed by atoms with Crippen LogP contribution in [0, 0.1) is 0 Å². The predicted molar refractivity (Wildman–Crippen MR) is 43.5 cm³/mol. The Balaban J connectivity index is 2.62. The van der Waals surface area contributed by atoms with Gasteiger partial charge in [-0.05, 0) is 11.6 Å². The van der Waals surface area contributed by atoms with Gasteiger partial charge in [-0.1, -0.05) is 27.7 Å². The van der Waals surface area contributed by atoms with E-state index >= 15 is 0 Å². The highest BCUT2D eigenvalue weighted by atomic mass is 79.9. The van der Waals surface area contributed by atoms with Crippen LogP contribution in [0.2, 0.25) is 0 Å². The lowest BCUT2D eigenvalue weighted by molar-refractivity contribution is -0.106. The lowest BCUT2D eigenvalue weighted by Crippen LogP contribution is -1.97. The van der Waals surface area contributed by atoms with E-state index in [-0.39, 0.29) is 4.95 Å². The molecule has 0 N–H and O–H groups in total. The van der Waals surface area contributed by atoms with E-state index in [1.807, 2.05) is 0 Å². The molecule has 0 aromatic carbocycles. The maximum Gasteiger partial charge on any atom is 0.276 e. The zero-order valence-corrected chi connectivity index (χ0v) is 7.46. The third kappa shape index (κ3) is 1.95. The van der Waals surface area contributed by atoms with Crippen LogP contribution in [0.25, 0.3) is 0 Å². The molecule has 0 aromatic heterocycles. The fourth-order valence-electron chi connectivity index (χ4n) is 0.457. The normalized spacial score (nSPS) is 26.0. The van der Waals surface area contributed by atoms with Crippen molar-refractivity contribution in [3.63, 3.8) is 0 Å². The van der Waals surface area contributed by atoms with Gasteiger partial charge in [-0.3, -0.25) is 9.79 Å². The molecule has 0 amide bonds. The third-order valence-electron chi connectivity index (χ3n) is 0.783. The van der Waals surface area contributed by atoms with Gasteiger partial charge >= 0.3 is 0 Å². The van der Waals surface area contributed by atoms with Crippen molar-refractivity contribution < 1.29 is 4.79 Å². The summed E-state index contributed by atoms with van der Waals surface area (Å²) in [6, 6.07) is 0. The molecule has 5 heteroatoms. The van der Waals surface area contributed by atoms with E-state index in [0.29, 0.717) is 5.04 Å². The zero-order chi connectivity index (χ0) is 6.85. The summed E-state index contributed by atoms with van der Waals surface area (Å²) in [6.45, 7) is 0. The molecular weight excluding hydrogens is 225 g/mol. The van der Waals surface area contributed by atoms with Crippen LogP contribution in [-0.4, -0.2) is 21.0 Å². The number of halogens is 2. The number of hydrogen-bond acceptors (Lipinski definition) is 3. The van der Waals surface area contributed by atoms with E-state index < -0.39 is 5.24 Å². The summed E-state index contributed by atoms with van der Waals surface area (Å²) in [5.74, 6) is 0.799. The summed E-state index contributed by atoms with van der Waals surface area (Å²) >= 11 is 9.75. The molecule has 0 bridgehead atoms. The summed E-state index contributed by atoms with van der Waals surface area (Å²) in [7, 11) is 0. The number of carbonyl (C=O) groups is 1. The van der Waals surface area contributed by atoms with Gasteiger partial charge in [0.05, 0.1) is 0 Å². The fourth-order valence-corrected chi connectivity index (χ4v) is 2.09. The predicted octanol–water partition coefficient (Wildman–Crippen LogP) is 1.62. The summed E-state index contributed by atoms with van der Waals surface area (Å²) < 4.78 is 0. The minimum Gasteiger partial charge on any atom is -0.273 e. The number of thioether (sulfide) groups is 1. The second-order valence-electron chi connectivity index (χ2n) is 1.45. The molecular formula is C4H3BrClNOS. The Hall–Kier alpha value is 0.460. The van der Waals surface area contributed by atoms with Crippen LogP contribution in [0.4, 0.5) is 0 Å². The summed E-state index contributed by atoms with van der Waals surface area (Å²) in [5, 5.41) is -0.0412. The van der Waals surface area contributed by atoms with Gasteiger partial charge in [-0.25, -0.2) is 0 Å². The van der Waals surface area contributed by atoms with E-state index in [0.717, 1.165) is 5.75 Å². The first-order valence-electron chi connectivity index (χ1n) is 2.24. The molecule has 9 heavy (non-hydrogen) atoms. The van der Waals surface area contributed by atoms with Crippen LogP contribution in [0.5, 0.6) is 0 Å². The van der Waals surface area contributed by atoms with Crippen LogP contribution < -0.4 is 0 Å². The smallest absolute Gasteiger partial charge is 0.273 e. The number of hydrogen-bond donors (Lipinski definition) is 0. The Bertz CT molecular complexity index is 172. The van der Waals surface area contributed by atoms with E-state index in [1.54, 1.807) is 0 Å². The molecule has 0 spiro atoms. The molecule has 0 aliphatic carbocycles. The molecule has 1 aliphatic heterocycles. The van der Waals surface area contributed by atoms with Crippen molar-refractivity contribution in [1.82, 2.24) is 0 Å². The number of rotatable bonds is 1. The van der Waals surface area contributed by atoms with Gasteiger partial charge in [0.25, 0.3) is 5.24 Å². The molecule has 0 fully saturated rings. The van der Waals surface area contributed by atoms with Gasteiger partial charge in [0.15, 0.2) is 5.04 Å². The number of alkyl halides is 1. The van der Waals surface area contributed by atoms with Crippen molar-refractivity contribution in [1.29, 1.82) is 0 Å². The van der Waals surface area contributed by atoms with Gasteiger partial charge in [0, 0.05) is 5.75 Å². The van der Waals surface area contributed by atoms with Crippen molar-refractivity contribution in [2.75, 3.05) is 5.75 Å². The zero-order valence-electron chi connectivity index (χ0n) is 4.30. The van der Waals surface area contributed by atoms with Crippen molar-refractivity contribution in [2.45, 2.75) is 4.95 Å². The van der Waals surface area contributed by atoms with Crippen LogP contribution in [0.3, 0.4) is 0 Å². The molecule has 1 unspecified atom stereocenters. The van der Waals surface area contributed by atoms with Crippen LogP contribution >= 0.6 is 39.3 Å². The van der Waals surface area contributed by atoms with Crippen molar-refractivity contribution >= 4 is 49.6 Å². The van der Waals surface area contributed by atoms with Gasteiger partial charge in [0.2, 0.25) is 0 Å². The average molecular weight is 228 g/mol. The summed E-state index contributed by atoms with van der Waals surface area (Å²) in [6.07, 6.45) is 0. The van der Waals surface area contributed by atoms with E-state index in [4.69, 9.17) is 11.6 Å². The Morgan fingerprint density at radius 2 is 2.67 bits per heavy atom. The number of nitrogens with zero attached hydrogens (tertiary/aromatic N) is 1. The van der Waals surface area contributed by atoms with E-state index in [1.165, 1.54) is 11.8 Å². The van der Waals surface area contributed by atoms with Crippen molar-refractivity contribution in [2.24, 2.45) is 4.99 Å². The van der Waals surface area contributed by atoms with Gasteiger partial charge in [-0.15, -0.1) is 0 Å².